The summed E-state index contributed by atoms with van der Waals surface area (Å²) >= 11 is 9.42. The molecule has 2 aromatic carbocycles. The lowest BCUT2D eigenvalue weighted by molar-refractivity contribution is 0.102. The summed E-state index contributed by atoms with van der Waals surface area (Å²) in [5.74, 6) is -0.182. The lowest BCUT2D eigenvalue weighted by Crippen LogP contribution is -2.14. The van der Waals surface area contributed by atoms with Crippen molar-refractivity contribution >= 4 is 44.8 Å². The second-order valence-corrected chi connectivity index (χ2v) is 5.85. The second kappa shape index (κ2) is 6.29. The van der Waals surface area contributed by atoms with Crippen molar-refractivity contribution in [1.82, 2.24) is 0 Å². The van der Waals surface area contributed by atoms with Gasteiger partial charge in [0.25, 0.3) is 5.91 Å². The fourth-order valence-electron chi connectivity index (χ4n) is 1.71. The van der Waals surface area contributed by atoms with Crippen molar-refractivity contribution in [3.63, 3.8) is 0 Å². The SMILES string of the molecule is CN(C)c1cccc(C(=O)Nc2ccc(Br)cc2Cl)c1. The van der Waals surface area contributed by atoms with E-state index in [0.717, 1.165) is 10.2 Å². The molecule has 0 saturated heterocycles. The normalized spacial score (nSPS) is 10.2. The van der Waals surface area contributed by atoms with Gasteiger partial charge in [0.2, 0.25) is 0 Å². The number of amides is 1. The minimum absolute atomic E-state index is 0.182. The number of hydrogen-bond donors (Lipinski definition) is 1. The molecule has 0 aliphatic rings. The number of carbonyl (C=O) groups is 1. The predicted octanol–water partition coefficient (Wildman–Crippen LogP) is 4.42. The van der Waals surface area contributed by atoms with Gasteiger partial charge in [-0.05, 0) is 36.4 Å². The van der Waals surface area contributed by atoms with Crippen molar-refractivity contribution in [2.75, 3.05) is 24.3 Å². The van der Waals surface area contributed by atoms with Crippen LogP contribution in [0.3, 0.4) is 0 Å². The van der Waals surface area contributed by atoms with Crippen LogP contribution in [0.2, 0.25) is 5.02 Å². The van der Waals surface area contributed by atoms with Gasteiger partial charge in [0, 0.05) is 29.8 Å². The van der Waals surface area contributed by atoms with E-state index in [-0.39, 0.29) is 5.91 Å². The molecule has 0 fully saturated rings. The van der Waals surface area contributed by atoms with E-state index in [1.807, 2.05) is 43.3 Å². The van der Waals surface area contributed by atoms with E-state index in [4.69, 9.17) is 11.6 Å². The average Bonchev–Trinajstić information content (AvgIpc) is 2.42. The summed E-state index contributed by atoms with van der Waals surface area (Å²) in [6.07, 6.45) is 0. The van der Waals surface area contributed by atoms with Crippen LogP contribution in [-0.2, 0) is 0 Å². The van der Waals surface area contributed by atoms with E-state index >= 15 is 0 Å². The van der Waals surface area contributed by atoms with Gasteiger partial charge in [-0.15, -0.1) is 0 Å². The second-order valence-electron chi connectivity index (χ2n) is 4.52. The number of carbonyl (C=O) groups excluding carboxylic acids is 1. The molecule has 1 N–H and O–H groups in total. The number of nitrogens with zero attached hydrogens (tertiary/aromatic N) is 1. The third-order valence-corrected chi connectivity index (χ3v) is 3.61. The third-order valence-electron chi connectivity index (χ3n) is 2.80. The minimum atomic E-state index is -0.182. The highest BCUT2D eigenvalue weighted by atomic mass is 79.9. The quantitative estimate of drug-likeness (QED) is 0.886. The van der Waals surface area contributed by atoms with Crippen LogP contribution in [0, 0.1) is 0 Å². The van der Waals surface area contributed by atoms with Gasteiger partial charge in [0.1, 0.15) is 0 Å². The molecular formula is C15H14BrClN2O. The van der Waals surface area contributed by atoms with E-state index < -0.39 is 0 Å². The maximum atomic E-state index is 12.2. The highest BCUT2D eigenvalue weighted by Crippen LogP contribution is 2.26. The molecule has 3 nitrogen and oxygen atoms in total. The third kappa shape index (κ3) is 3.52. The summed E-state index contributed by atoms with van der Waals surface area (Å²) in [5.41, 5.74) is 2.16. The van der Waals surface area contributed by atoms with Crippen LogP contribution in [0.5, 0.6) is 0 Å². The number of rotatable bonds is 3. The fraction of sp³-hybridized carbons (Fsp3) is 0.133. The smallest absolute Gasteiger partial charge is 0.255 e. The summed E-state index contributed by atoms with van der Waals surface area (Å²) in [7, 11) is 3.87. The van der Waals surface area contributed by atoms with Crippen LogP contribution in [0.1, 0.15) is 10.4 Å². The Morgan fingerprint density at radius 1 is 1.20 bits per heavy atom. The zero-order valence-electron chi connectivity index (χ0n) is 11.2. The van der Waals surface area contributed by atoms with Crippen LogP contribution in [0.15, 0.2) is 46.9 Å². The Bertz CT molecular complexity index is 644. The van der Waals surface area contributed by atoms with E-state index in [0.29, 0.717) is 16.3 Å². The number of halogens is 2. The molecule has 104 valence electrons. The van der Waals surface area contributed by atoms with Gasteiger partial charge in [-0.25, -0.2) is 0 Å². The van der Waals surface area contributed by atoms with Gasteiger partial charge in [0.15, 0.2) is 0 Å². The Morgan fingerprint density at radius 3 is 2.60 bits per heavy atom. The first-order chi connectivity index (χ1) is 9.47. The van der Waals surface area contributed by atoms with Crippen molar-refractivity contribution in [3.05, 3.63) is 57.5 Å². The zero-order valence-corrected chi connectivity index (χ0v) is 13.5. The number of hydrogen-bond acceptors (Lipinski definition) is 2. The Labute approximate surface area is 131 Å². The molecule has 0 aromatic heterocycles. The molecule has 0 heterocycles. The summed E-state index contributed by atoms with van der Waals surface area (Å²) in [5, 5.41) is 3.31. The van der Waals surface area contributed by atoms with Crippen LogP contribution in [-0.4, -0.2) is 20.0 Å². The Morgan fingerprint density at radius 2 is 1.95 bits per heavy atom. The van der Waals surface area contributed by atoms with Crippen LogP contribution in [0.25, 0.3) is 0 Å². The van der Waals surface area contributed by atoms with Gasteiger partial charge in [-0.1, -0.05) is 33.6 Å². The first kappa shape index (κ1) is 14.9. The molecule has 0 aliphatic heterocycles. The molecule has 2 rings (SSSR count). The molecule has 0 unspecified atom stereocenters. The topological polar surface area (TPSA) is 32.3 Å². The largest absolute Gasteiger partial charge is 0.378 e. The molecule has 1 amide bonds. The van der Waals surface area contributed by atoms with E-state index in [1.54, 1.807) is 18.2 Å². The van der Waals surface area contributed by atoms with Gasteiger partial charge >= 0.3 is 0 Å². The van der Waals surface area contributed by atoms with Crippen molar-refractivity contribution in [2.45, 2.75) is 0 Å². The van der Waals surface area contributed by atoms with Gasteiger partial charge in [-0.3, -0.25) is 4.79 Å². The van der Waals surface area contributed by atoms with Crippen molar-refractivity contribution in [1.29, 1.82) is 0 Å². The summed E-state index contributed by atoms with van der Waals surface area (Å²) in [6.45, 7) is 0. The Balaban J connectivity index is 2.21. The highest BCUT2D eigenvalue weighted by Gasteiger charge is 2.09. The standard InChI is InChI=1S/C15H14BrClN2O/c1-19(2)12-5-3-4-10(8-12)15(20)18-14-7-6-11(16)9-13(14)17/h3-9H,1-2H3,(H,18,20). The van der Waals surface area contributed by atoms with E-state index in [2.05, 4.69) is 21.2 Å². The van der Waals surface area contributed by atoms with E-state index in [9.17, 15) is 4.79 Å². The number of benzene rings is 2. The lowest BCUT2D eigenvalue weighted by Gasteiger charge is -2.13. The molecule has 0 atom stereocenters. The number of anilines is 2. The number of nitrogens with one attached hydrogen (secondary N) is 1. The first-order valence-electron chi connectivity index (χ1n) is 6.01. The maximum Gasteiger partial charge on any atom is 0.255 e. The monoisotopic (exact) mass is 352 g/mol. The van der Waals surface area contributed by atoms with Gasteiger partial charge in [0.05, 0.1) is 10.7 Å². The summed E-state index contributed by atoms with van der Waals surface area (Å²) in [6, 6.07) is 12.7. The van der Waals surface area contributed by atoms with Crippen LogP contribution in [0.4, 0.5) is 11.4 Å². The average molecular weight is 354 g/mol. The molecular weight excluding hydrogens is 340 g/mol. The van der Waals surface area contributed by atoms with Gasteiger partial charge in [-0.2, -0.15) is 0 Å². The predicted molar refractivity (Wildman–Crippen MR) is 87.9 cm³/mol. The van der Waals surface area contributed by atoms with Crippen molar-refractivity contribution in [3.8, 4) is 0 Å². The Hall–Kier alpha value is -1.52. The molecule has 0 spiro atoms. The van der Waals surface area contributed by atoms with Crippen molar-refractivity contribution < 1.29 is 4.79 Å². The first-order valence-corrected chi connectivity index (χ1v) is 7.18. The Kier molecular flexibility index (Phi) is 4.68. The van der Waals surface area contributed by atoms with Crippen LogP contribution < -0.4 is 10.2 Å². The summed E-state index contributed by atoms with van der Waals surface area (Å²) < 4.78 is 0.870. The van der Waals surface area contributed by atoms with Crippen LogP contribution >= 0.6 is 27.5 Å². The molecule has 0 bridgehead atoms. The van der Waals surface area contributed by atoms with Gasteiger partial charge < -0.3 is 10.2 Å². The molecule has 0 saturated carbocycles. The summed E-state index contributed by atoms with van der Waals surface area (Å²) in [4.78, 5) is 14.2. The molecule has 5 heteroatoms. The maximum absolute atomic E-state index is 12.2. The molecule has 0 radical (unpaired) electrons. The fourth-order valence-corrected chi connectivity index (χ4v) is 2.43. The lowest BCUT2D eigenvalue weighted by atomic mass is 10.1. The minimum Gasteiger partial charge on any atom is -0.378 e. The van der Waals surface area contributed by atoms with E-state index in [1.165, 1.54) is 0 Å². The zero-order chi connectivity index (χ0) is 14.7. The van der Waals surface area contributed by atoms with Crippen molar-refractivity contribution in [2.24, 2.45) is 0 Å². The molecule has 0 aliphatic carbocycles. The molecule has 20 heavy (non-hydrogen) atoms. The highest BCUT2D eigenvalue weighted by molar-refractivity contribution is 9.10. The molecule has 2 aromatic rings.